The molecule has 10 aromatic carbocycles. The van der Waals surface area contributed by atoms with Crippen molar-refractivity contribution in [2.24, 2.45) is 0 Å². The van der Waals surface area contributed by atoms with Gasteiger partial charge in [-0.2, -0.15) is 0 Å². The van der Waals surface area contributed by atoms with E-state index < -0.39 is 8.07 Å². The highest BCUT2D eigenvalue weighted by Gasteiger charge is 2.42. The number of benzene rings is 10. The largest absolute Gasteiger partial charge is 0.311 e. The van der Waals surface area contributed by atoms with Crippen molar-refractivity contribution in [1.29, 1.82) is 0 Å². The summed E-state index contributed by atoms with van der Waals surface area (Å²) in [5.41, 5.74) is 9.73. The lowest BCUT2D eigenvalue weighted by Gasteiger charge is -2.35. The first-order valence-corrected chi connectivity index (χ1v) is 24.1. The van der Waals surface area contributed by atoms with Gasteiger partial charge in [0.05, 0.1) is 11.0 Å². The Bertz CT molecular complexity index is 3080. The molecule has 0 amide bonds. The number of hydrogen-bond donors (Lipinski definition) is 0. The van der Waals surface area contributed by atoms with Gasteiger partial charge in [-0.3, -0.25) is 0 Å². The van der Waals surface area contributed by atoms with Gasteiger partial charge in [-0.1, -0.05) is 233 Å². The summed E-state index contributed by atoms with van der Waals surface area (Å²) in [4.78, 5) is 2.34. The maximum atomic E-state index is 2.50. The summed E-state index contributed by atoms with van der Waals surface area (Å²) in [6.07, 6.45) is 1.03. The van der Waals surface area contributed by atoms with Gasteiger partial charge in [-0.15, -0.1) is 0 Å². The molecule has 325 valence electrons. The average molecular weight is 880 g/mol. The lowest BCUT2D eigenvalue weighted by molar-refractivity contribution is 1.18. The third kappa shape index (κ3) is 9.58. The molecule has 0 aliphatic carbocycles. The summed E-state index contributed by atoms with van der Waals surface area (Å²) in [5.74, 6) is 0. The molecule has 0 N–H and O–H groups in total. The first kappa shape index (κ1) is 47.1. The van der Waals surface area contributed by atoms with Gasteiger partial charge in [0.15, 0.2) is 8.07 Å². The van der Waals surface area contributed by atoms with E-state index in [4.69, 9.17) is 0 Å². The Hall–Kier alpha value is -7.92. The predicted molar refractivity (Wildman–Crippen MR) is 294 cm³/mol. The van der Waals surface area contributed by atoms with Crippen LogP contribution in [0, 0.1) is 0 Å². The van der Waals surface area contributed by atoms with Crippen LogP contribution in [0.25, 0.3) is 27.5 Å². The zero-order valence-corrected chi connectivity index (χ0v) is 37.2. The molecule has 0 unspecified atom stereocenters. The molecule has 3 radical (unpaired) electrons. The summed E-state index contributed by atoms with van der Waals surface area (Å²) >= 11 is 0. The summed E-state index contributed by atoms with van der Waals surface area (Å²) < 4.78 is 2.40. The molecule has 11 rings (SSSR count). The Kier molecular flexibility index (Phi) is 15.3. The molecule has 0 fully saturated rings. The Morgan fingerprint density at radius 3 is 1.16 bits per heavy atom. The zero-order valence-electron chi connectivity index (χ0n) is 36.2. The van der Waals surface area contributed by atoms with E-state index in [9.17, 15) is 0 Å². The van der Waals surface area contributed by atoms with Gasteiger partial charge in [-0.05, 0) is 99.0 Å². The van der Waals surface area contributed by atoms with Gasteiger partial charge >= 0.3 is 0 Å². The molecule has 0 saturated heterocycles. The summed E-state index contributed by atoms with van der Waals surface area (Å²) in [6.45, 7) is 0. The number of anilines is 3. The monoisotopic (exact) mass is 879 g/mol. The molecule has 11 aromatic rings. The van der Waals surface area contributed by atoms with Crippen LogP contribution in [0.4, 0.5) is 17.1 Å². The van der Waals surface area contributed by atoms with Crippen molar-refractivity contribution in [3.63, 3.8) is 0 Å². The maximum Gasteiger partial charge on any atom is 0.179 e. The lowest BCUT2D eigenvalue weighted by atomic mass is 10.1. The summed E-state index contributed by atoms with van der Waals surface area (Å²) in [6, 6.07) is 101. The van der Waals surface area contributed by atoms with Crippen LogP contribution in [0.2, 0.25) is 0 Å². The molecule has 0 spiro atoms. The average Bonchev–Trinajstić information content (AvgIpc) is 3.71. The van der Waals surface area contributed by atoms with E-state index in [1.54, 1.807) is 0 Å². The van der Waals surface area contributed by atoms with Gasteiger partial charge in [0.2, 0.25) is 0 Å². The SMILES string of the molecule is C.C.[B].c1ccc(Cc2ccccc2)cc1.c1ccc(N(c2ccccc2)c2ccc([Si](c3ccccc3)(c3ccccc3)c3ccc4c(c3)c3ccccc3n4-c3ccccc3)cc2)cc1. The van der Waals surface area contributed by atoms with Crippen molar-refractivity contribution in [3.05, 3.63) is 290 Å². The number of para-hydroxylation sites is 4. The number of nitrogens with zero attached hydrogens (tertiary/aromatic N) is 2. The van der Waals surface area contributed by atoms with E-state index in [0.717, 1.165) is 23.5 Å². The number of rotatable bonds is 10. The minimum atomic E-state index is -2.82. The van der Waals surface area contributed by atoms with E-state index in [1.807, 2.05) is 0 Å². The second kappa shape index (κ2) is 21.8. The Balaban J connectivity index is 0.000000360. The molecular weight excluding hydrogens is 824 g/mol. The van der Waals surface area contributed by atoms with Gasteiger partial charge in [0, 0.05) is 41.9 Å². The van der Waals surface area contributed by atoms with Crippen LogP contribution in [-0.4, -0.2) is 21.1 Å². The van der Waals surface area contributed by atoms with Gasteiger partial charge in [0.25, 0.3) is 0 Å². The summed E-state index contributed by atoms with van der Waals surface area (Å²) in [7, 11) is -2.82. The van der Waals surface area contributed by atoms with Crippen molar-refractivity contribution in [1.82, 2.24) is 4.57 Å². The van der Waals surface area contributed by atoms with Crippen LogP contribution < -0.4 is 25.6 Å². The molecule has 1 aromatic heterocycles. The Morgan fingerprint density at radius 2 is 0.672 bits per heavy atom. The highest BCUT2D eigenvalue weighted by molar-refractivity contribution is 7.20. The van der Waals surface area contributed by atoms with Crippen LogP contribution in [0.15, 0.2) is 279 Å². The van der Waals surface area contributed by atoms with E-state index in [-0.39, 0.29) is 23.3 Å². The molecule has 0 aliphatic heterocycles. The molecule has 0 aliphatic rings. The van der Waals surface area contributed by atoms with E-state index in [1.165, 1.54) is 59.4 Å². The van der Waals surface area contributed by atoms with Crippen LogP contribution in [0.5, 0.6) is 0 Å². The van der Waals surface area contributed by atoms with Crippen molar-refractivity contribution in [2.75, 3.05) is 4.90 Å². The molecule has 0 atom stereocenters. The second-order valence-electron chi connectivity index (χ2n) is 16.1. The van der Waals surface area contributed by atoms with Gasteiger partial charge in [-0.25, -0.2) is 0 Å². The fourth-order valence-electron chi connectivity index (χ4n) is 9.33. The third-order valence-electron chi connectivity index (χ3n) is 12.2. The minimum absolute atomic E-state index is 0. The van der Waals surface area contributed by atoms with Crippen molar-refractivity contribution in [3.8, 4) is 5.69 Å². The normalized spacial score (nSPS) is 10.7. The highest BCUT2D eigenvalue weighted by atomic mass is 28.3. The van der Waals surface area contributed by atoms with Gasteiger partial charge < -0.3 is 9.47 Å². The standard InChI is InChI=1S/C48H36N2Si.C13H12.2CH4.B/c1-6-18-37(19-7-1)49(38-20-8-2-9-21-38)40-30-32-43(33-31-40)51(41-24-12-4-13-25-41,42-26-14-5-15-27-42)44-34-35-48-46(36-44)45-28-16-17-29-47(45)50(48)39-22-10-3-11-23-39;1-3-7-12(8-4-1)11-13-9-5-2-6-10-13;;;/h1-36H;1-10H,11H2;2*1H4;. The number of aromatic nitrogens is 1. The topological polar surface area (TPSA) is 8.17 Å². The van der Waals surface area contributed by atoms with E-state index in [0.29, 0.717) is 0 Å². The first-order chi connectivity index (χ1) is 31.8. The van der Waals surface area contributed by atoms with Crippen LogP contribution >= 0.6 is 0 Å². The first-order valence-electron chi connectivity index (χ1n) is 22.1. The fraction of sp³-hybridized carbons (Fsp3) is 0.0476. The second-order valence-corrected chi connectivity index (χ2v) is 19.9. The Labute approximate surface area is 400 Å². The lowest BCUT2D eigenvalue weighted by Crippen LogP contribution is -2.74. The molecule has 2 nitrogen and oxygen atoms in total. The number of hydrogen-bond acceptors (Lipinski definition) is 1. The third-order valence-corrected chi connectivity index (χ3v) is 17.0. The Morgan fingerprint density at radius 1 is 0.313 bits per heavy atom. The van der Waals surface area contributed by atoms with Crippen LogP contribution in [0.3, 0.4) is 0 Å². The maximum absolute atomic E-state index is 2.82. The molecule has 0 saturated carbocycles. The molecule has 4 heteroatoms. The van der Waals surface area contributed by atoms with Crippen molar-refractivity contribution < 1.29 is 0 Å². The van der Waals surface area contributed by atoms with E-state index >= 15 is 0 Å². The minimum Gasteiger partial charge on any atom is -0.311 e. The molecule has 1 heterocycles. The predicted octanol–water partition coefficient (Wildman–Crippen LogP) is 13.8. The smallest absolute Gasteiger partial charge is 0.179 e. The molecule has 0 bridgehead atoms. The summed E-state index contributed by atoms with van der Waals surface area (Å²) in [5, 5.41) is 7.96. The zero-order chi connectivity index (χ0) is 43.0. The van der Waals surface area contributed by atoms with E-state index in [2.05, 4.69) is 289 Å². The molecular formula is C63H56BN2Si. The quantitative estimate of drug-likeness (QED) is 0.0981. The molecule has 67 heavy (non-hydrogen) atoms. The van der Waals surface area contributed by atoms with Gasteiger partial charge in [0.1, 0.15) is 0 Å². The van der Waals surface area contributed by atoms with Crippen LogP contribution in [-0.2, 0) is 6.42 Å². The van der Waals surface area contributed by atoms with Crippen molar-refractivity contribution >= 4 is 76.1 Å². The fourth-order valence-corrected chi connectivity index (χ4v) is 14.1. The van der Waals surface area contributed by atoms with Crippen LogP contribution in [0.1, 0.15) is 26.0 Å². The number of fused-ring (bicyclic) bond motifs is 3. The van der Waals surface area contributed by atoms with Crippen molar-refractivity contribution in [2.45, 2.75) is 21.3 Å². The highest BCUT2D eigenvalue weighted by Crippen LogP contribution is 2.35.